The number of aromatic nitrogens is 1. The Bertz CT molecular complexity index is 1100. The number of para-hydroxylation sites is 1. The summed E-state index contributed by atoms with van der Waals surface area (Å²) in [5, 5.41) is 5.03. The summed E-state index contributed by atoms with van der Waals surface area (Å²) in [7, 11) is 0. The van der Waals surface area contributed by atoms with E-state index in [2.05, 4.69) is 42.1 Å². The second-order valence-electron chi connectivity index (χ2n) is 6.98. The summed E-state index contributed by atoms with van der Waals surface area (Å²) in [5.74, 6) is 0.582. The van der Waals surface area contributed by atoms with Gasteiger partial charge in [0.25, 0.3) is 5.91 Å². The van der Waals surface area contributed by atoms with Crippen molar-refractivity contribution in [1.29, 1.82) is 0 Å². The van der Waals surface area contributed by atoms with Crippen molar-refractivity contribution in [3.8, 4) is 17.0 Å². The average Bonchev–Trinajstić information content (AvgIpc) is 3.12. The van der Waals surface area contributed by atoms with Gasteiger partial charge >= 0.3 is 0 Å². The molecule has 0 saturated carbocycles. The molecule has 1 aromatic heterocycles. The third-order valence-corrected chi connectivity index (χ3v) is 5.85. The number of carbonyl (C=O) groups excluding carboxylic acids is 1. The van der Waals surface area contributed by atoms with Gasteiger partial charge in [-0.1, -0.05) is 25.1 Å². The highest BCUT2D eigenvalue weighted by Crippen LogP contribution is 2.34. The highest BCUT2D eigenvalue weighted by molar-refractivity contribution is 7.07. The Morgan fingerprint density at radius 2 is 2.11 bits per heavy atom. The van der Waals surface area contributed by atoms with E-state index in [4.69, 9.17) is 9.73 Å². The van der Waals surface area contributed by atoms with E-state index in [1.807, 2.05) is 36.4 Å². The monoisotopic (exact) mass is 393 g/mol. The maximum absolute atomic E-state index is 11.7. The molecular weight excluding hydrogens is 370 g/mol. The molecule has 6 heteroatoms. The Morgan fingerprint density at radius 3 is 2.89 bits per heavy atom. The molecule has 4 rings (SSSR count). The Labute approximate surface area is 168 Å². The number of carbonyl (C=O) groups is 1. The van der Waals surface area contributed by atoms with E-state index >= 15 is 0 Å². The lowest BCUT2D eigenvalue weighted by Crippen LogP contribution is -2.25. The number of aryl methyl sites for hydroxylation is 1. The third kappa shape index (κ3) is 3.47. The van der Waals surface area contributed by atoms with E-state index in [9.17, 15) is 4.79 Å². The van der Waals surface area contributed by atoms with E-state index < -0.39 is 0 Å². The minimum Gasteiger partial charge on any atom is -0.482 e. The zero-order chi connectivity index (χ0) is 19.7. The molecule has 0 fully saturated rings. The molecule has 0 bridgehead atoms. The van der Waals surface area contributed by atoms with E-state index in [0.29, 0.717) is 17.5 Å². The lowest BCUT2D eigenvalue weighted by Gasteiger charge is -2.20. The van der Waals surface area contributed by atoms with Crippen molar-refractivity contribution >= 4 is 28.6 Å². The van der Waals surface area contributed by atoms with Crippen LogP contribution >= 0.6 is 11.3 Å². The number of nitrogens with zero attached hydrogens (tertiary/aromatic N) is 2. The van der Waals surface area contributed by atoms with Crippen molar-refractivity contribution in [3.63, 3.8) is 0 Å². The molecule has 1 unspecified atom stereocenters. The van der Waals surface area contributed by atoms with E-state index in [-0.39, 0.29) is 12.5 Å². The maximum Gasteiger partial charge on any atom is 0.262 e. The molecule has 5 nitrogen and oxygen atoms in total. The summed E-state index contributed by atoms with van der Waals surface area (Å²) >= 11 is 1.63. The van der Waals surface area contributed by atoms with Gasteiger partial charge in [0.15, 0.2) is 11.4 Å². The first kappa shape index (κ1) is 18.5. The first-order valence-electron chi connectivity index (χ1n) is 9.44. The van der Waals surface area contributed by atoms with Crippen molar-refractivity contribution in [1.82, 2.24) is 4.57 Å². The average molecular weight is 394 g/mol. The summed E-state index contributed by atoms with van der Waals surface area (Å²) < 4.78 is 7.77. The van der Waals surface area contributed by atoms with Crippen LogP contribution in [0.15, 0.2) is 52.8 Å². The molecule has 3 aromatic rings. The number of benzene rings is 2. The van der Waals surface area contributed by atoms with Crippen molar-refractivity contribution < 1.29 is 9.53 Å². The van der Waals surface area contributed by atoms with Gasteiger partial charge in [-0.15, -0.1) is 11.3 Å². The van der Waals surface area contributed by atoms with Crippen molar-refractivity contribution in [2.75, 3.05) is 11.9 Å². The van der Waals surface area contributed by atoms with Gasteiger partial charge in [0, 0.05) is 17.0 Å². The number of hydrogen-bond donors (Lipinski definition) is 1. The number of ether oxygens (including phenoxy) is 1. The minimum atomic E-state index is -0.125. The predicted molar refractivity (Wildman–Crippen MR) is 113 cm³/mol. The zero-order valence-electron chi connectivity index (χ0n) is 16.2. The van der Waals surface area contributed by atoms with E-state index in [1.54, 1.807) is 11.3 Å². The highest BCUT2D eigenvalue weighted by atomic mass is 32.1. The largest absolute Gasteiger partial charge is 0.482 e. The number of nitrogens with one attached hydrogen (secondary N) is 1. The Balaban J connectivity index is 1.85. The molecule has 1 aliphatic heterocycles. The first-order valence-corrected chi connectivity index (χ1v) is 10.3. The lowest BCUT2D eigenvalue weighted by atomic mass is 10.1. The summed E-state index contributed by atoms with van der Waals surface area (Å²) in [6, 6.07) is 14.4. The molecule has 0 spiro atoms. The molecule has 1 atom stereocenters. The Hall–Kier alpha value is -2.86. The summed E-state index contributed by atoms with van der Waals surface area (Å²) in [6.07, 6.45) is 0.996. The van der Waals surface area contributed by atoms with Gasteiger partial charge < -0.3 is 14.6 Å². The first-order chi connectivity index (χ1) is 13.6. The van der Waals surface area contributed by atoms with Crippen LogP contribution in [0.2, 0.25) is 0 Å². The maximum atomic E-state index is 11.7. The lowest BCUT2D eigenvalue weighted by molar-refractivity contribution is -0.118. The molecular formula is C22H23N3O2S. The van der Waals surface area contributed by atoms with Crippen LogP contribution < -0.4 is 14.9 Å². The van der Waals surface area contributed by atoms with Gasteiger partial charge in [0.1, 0.15) is 5.75 Å². The highest BCUT2D eigenvalue weighted by Gasteiger charge is 2.19. The molecule has 28 heavy (non-hydrogen) atoms. The second kappa shape index (κ2) is 7.64. The number of rotatable bonds is 4. The van der Waals surface area contributed by atoms with Crippen LogP contribution in [0.4, 0.5) is 11.4 Å². The van der Waals surface area contributed by atoms with E-state index in [0.717, 1.165) is 33.7 Å². The van der Waals surface area contributed by atoms with Crippen LogP contribution in [0.3, 0.4) is 0 Å². The molecule has 2 aromatic carbocycles. The molecule has 1 N–H and O–H groups in total. The van der Waals surface area contributed by atoms with Crippen LogP contribution in [0, 0.1) is 6.92 Å². The predicted octanol–water partition coefficient (Wildman–Crippen LogP) is 5.06. The van der Waals surface area contributed by atoms with Gasteiger partial charge in [0.2, 0.25) is 0 Å². The van der Waals surface area contributed by atoms with Crippen LogP contribution in [-0.2, 0) is 4.79 Å². The van der Waals surface area contributed by atoms with Crippen molar-refractivity contribution in [2.45, 2.75) is 33.2 Å². The molecule has 0 radical (unpaired) electrons. The summed E-state index contributed by atoms with van der Waals surface area (Å²) in [6.45, 7) is 6.53. The fourth-order valence-electron chi connectivity index (χ4n) is 3.26. The third-order valence-electron chi connectivity index (χ3n) is 5.01. The Morgan fingerprint density at radius 1 is 1.29 bits per heavy atom. The number of amides is 1. The smallest absolute Gasteiger partial charge is 0.262 e. The molecule has 1 amide bonds. The van der Waals surface area contributed by atoms with E-state index in [1.165, 1.54) is 0 Å². The second-order valence-corrected chi connectivity index (χ2v) is 7.81. The molecule has 1 aliphatic rings. The normalized spacial score (nSPS) is 15.0. The van der Waals surface area contributed by atoms with Crippen molar-refractivity contribution in [3.05, 3.63) is 58.2 Å². The standard InChI is InChI=1S/C22H23N3O2S/c1-4-15(3)25-19(13-28-22(25)24-17-8-6-5-7-14(17)2)16-9-10-20-18(11-16)23-21(26)12-27-20/h5-11,13,15H,4,12H2,1-3H3,(H,23,26). The van der Waals surface area contributed by atoms with Gasteiger partial charge in [0.05, 0.1) is 17.1 Å². The van der Waals surface area contributed by atoms with Crippen LogP contribution in [0.1, 0.15) is 31.9 Å². The fraction of sp³-hybridized carbons (Fsp3) is 0.273. The fourth-order valence-corrected chi connectivity index (χ4v) is 4.26. The quantitative estimate of drug-likeness (QED) is 0.674. The number of hydrogen-bond acceptors (Lipinski definition) is 4. The van der Waals surface area contributed by atoms with Gasteiger partial charge in [-0.05, 0) is 50.1 Å². The zero-order valence-corrected chi connectivity index (χ0v) is 17.0. The summed E-state index contributed by atoms with van der Waals surface area (Å²) in [5.41, 5.74) is 4.98. The Kier molecular flexibility index (Phi) is 5.05. The molecule has 144 valence electrons. The molecule has 2 heterocycles. The topological polar surface area (TPSA) is 55.6 Å². The van der Waals surface area contributed by atoms with Gasteiger partial charge in [-0.3, -0.25) is 4.79 Å². The van der Waals surface area contributed by atoms with Gasteiger partial charge in [-0.25, -0.2) is 4.99 Å². The minimum absolute atomic E-state index is 0.0666. The van der Waals surface area contributed by atoms with Crippen LogP contribution in [0.25, 0.3) is 11.3 Å². The van der Waals surface area contributed by atoms with Gasteiger partial charge in [-0.2, -0.15) is 0 Å². The number of thiazole rings is 1. The molecule has 0 saturated heterocycles. The summed E-state index contributed by atoms with van der Waals surface area (Å²) in [4.78, 5) is 17.6. The number of anilines is 1. The molecule has 0 aliphatic carbocycles. The van der Waals surface area contributed by atoms with Crippen LogP contribution in [0.5, 0.6) is 5.75 Å². The SMILES string of the molecule is CCC(C)n1c(-c2ccc3c(c2)NC(=O)CO3)csc1=Nc1ccccc1C. The number of fused-ring (bicyclic) bond motifs is 1. The van der Waals surface area contributed by atoms with Crippen molar-refractivity contribution in [2.24, 2.45) is 4.99 Å². The van der Waals surface area contributed by atoms with Crippen LogP contribution in [-0.4, -0.2) is 17.1 Å².